The predicted molar refractivity (Wildman–Crippen MR) is 80.6 cm³/mol. The Morgan fingerprint density at radius 3 is 2.80 bits per heavy atom. The van der Waals surface area contributed by atoms with Crippen molar-refractivity contribution in [3.63, 3.8) is 0 Å². The molecule has 5 heteroatoms. The number of hydrogen-bond acceptors (Lipinski definition) is 3. The summed E-state index contributed by atoms with van der Waals surface area (Å²) in [7, 11) is 0. The molecule has 0 fully saturated rings. The van der Waals surface area contributed by atoms with Gasteiger partial charge in [0.15, 0.2) is 0 Å². The van der Waals surface area contributed by atoms with E-state index in [9.17, 15) is 4.79 Å². The summed E-state index contributed by atoms with van der Waals surface area (Å²) >= 11 is 0. The van der Waals surface area contributed by atoms with Crippen molar-refractivity contribution in [1.82, 2.24) is 10.3 Å². The van der Waals surface area contributed by atoms with E-state index < -0.39 is 0 Å². The number of aromatic nitrogens is 1. The Bertz CT molecular complexity index is 578. The van der Waals surface area contributed by atoms with Crippen molar-refractivity contribution in [1.29, 1.82) is 0 Å². The molecule has 1 heterocycles. The molecule has 0 bridgehead atoms. The fraction of sp³-hybridized carbons (Fsp3) is 0.400. The fourth-order valence-corrected chi connectivity index (χ4v) is 2.16. The number of hydrogen-bond donors (Lipinski definition) is 4. The van der Waals surface area contributed by atoms with E-state index in [-0.39, 0.29) is 12.5 Å². The van der Waals surface area contributed by atoms with Gasteiger partial charge in [-0.15, -0.1) is 0 Å². The third-order valence-corrected chi connectivity index (χ3v) is 3.26. The molecule has 0 unspecified atom stereocenters. The molecule has 0 aliphatic rings. The van der Waals surface area contributed by atoms with Crippen molar-refractivity contribution in [3.05, 3.63) is 30.0 Å². The Kier molecular flexibility index (Phi) is 5.01. The first-order valence-electron chi connectivity index (χ1n) is 6.98. The highest BCUT2D eigenvalue weighted by Gasteiger charge is 2.08. The molecule has 2 aromatic rings. The molecule has 0 saturated carbocycles. The fourth-order valence-electron chi connectivity index (χ4n) is 2.16. The van der Waals surface area contributed by atoms with E-state index in [1.807, 2.05) is 24.3 Å². The number of nitrogens with one attached hydrogen (secondary N) is 2. The summed E-state index contributed by atoms with van der Waals surface area (Å²) in [6, 6.07) is 7.34. The average molecular weight is 275 g/mol. The molecular formula is C15H21N3O2. The van der Waals surface area contributed by atoms with E-state index in [0.717, 1.165) is 36.6 Å². The summed E-state index contributed by atoms with van der Waals surface area (Å²) in [6.07, 6.45) is 3.78. The van der Waals surface area contributed by atoms with Crippen LogP contribution in [0.1, 0.15) is 36.2 Å². The molecule has 0 atom stereocenters. The minimum Gasteiger partial charge on any atom is -0.399 e. The number of amides is 1. The van der Waals surface area contributed by atoms with E-state index in [2.05, 4.69) is 10.3 Å². The average Bonchev–Trinajstić information content (AvgIpc) is 2.85. The van der Waals surface area contributed by atoms with Gasteiger partial charge >= 0.3 is 0 Å². The van der Waals surface area contributed by atoms with Crippen molar-refractivity contribution in [3.8, 4) is 0 Å². The van der Waals surface area contributed by atoms with Gasteiger partial charge in [0, 0.05) is 29.7 Å². The highest BCUT2D eigenvalue weighted by atomic mass is 16.2. The Labute approximate surface area is 118 Å². The van der Waals surface area contributed by atoms with Crippen molar-refractivity contribution in [2.24, 2.45) is 0 Å². The second kappa shape index (κ2) is 6.96. The molecule has 0 aliphatic carbocycles. The summed E-state index contributed by atoms with van der Waals surface area (Å²) < 4.78 is 0. The molecule has 1 aromatic carbocycles. The van der Waals surface area contributed by atoms with Gasteiger partial charge < -0.3 is 21.1 Å². The van der Waals surface area contributed by atoms with Gasteiger partial charge in [0.25, 0.3) is 5.91 Å². The van der Waals surface area contributed by atoms with E-state index in [1.54, 1.807) is 0 Å². The standard InChI is InChI=1S/C15H21N3O2/c16-12-5-6-13-11(9-12)10-14(18-13)15(20)17-7-3-1-2-4-8-19/h5-6,9-10,18-19H,1-4,7-8,16H2,(H,17,20). The highest BCUT2D eigenvalue weighted by Crippen LogP contribution is 2.18. The van der Waals surface area contributed by atoms with Crippen LogP contribution in [0.5, 0.6) is 0 Å². The number of nitrogens with two attached hydrogens (primary N) is 1. The monoisotopic (exact) mass is 275 g/mol. The largest absolute Gasteiger partial charge is 0.399 e. The van der Waals surface area contributed by atoms with Gasteiger partial charge in [-0.3, -0.25) is 4.79 Å². The highest BCUT2D eigenvalue weighted by molar-refractivity contribution is 5.98. The SMILES string of the molecule is Nc1ccc2[nH]c(C(=O)NCCCCCCO)cc2c1. The van der Waals surface area contributed by atoms with Gasteiger partial charge in [-0.2, -0.15) is 0 Å². The van der Waals surface area contributed by atoms with Crippen molar-refractivity contribution in [2.45, 2.75) is 25.7 Å². The van der Waals surface area contributed by atoms with Crippen LogP contribution in [0, 0.1) is 0 Å². The molecule has 20 heavy (non-hydrogen) atoms. The molecule has 0 spiro atoms. The third-order valence-electron chi connectivity index (χ3n) is 3.26. The molecule has 0 aliphatic heterocycles. The maximum atomic E-state index is 12.0. The van der Waals surface area contributed by atoms with Gasteiger partial charge in [0.1, 0.15) is 5.69 Å². The minimum atomic E-state index is -0.0954. The number of H-pyrrole nitrogens is 1. The minimum absolute atomic E-state index is 0.0954. The number of rotatable bonds is 7. The first kappa shape index (κ1) is 14.4. The molecule has 1 aromatic heterocycles. The number of aromatic amines is 1. The number of carbonyl (C=O) groups excluding carboxylic acids is 1. The Balaban J connectivity index is 1.85. The first-order chi connectivity index (χ1) is 9.70. The number of fused-ring (bicyclic) bond motifs is 1. The zero-order chi connectivity index (χ0) is 14.4. The van der Waals surface area contributed by atoms with E-state index >= 15 is 0 Å². The van der Waals surface area contributed by atoms with Gasteiger partial charge in [0.05, 0.1) is 0 Å². The number of aliphatic hydroxyl groups is 1. The lowest BCUT2D eigenvalue weighted by Crippen LogP contribution is -2.24. The van der Waals surface area contributed by atoms with Crippen molar-refractivity contribution >= 4 is 22.5 Å². The summed E-state index contributed by atoms with van der Waals surface area (Å²) in [6.45, 7) is 0.895. The Hall–Kier alpha value is -2.01. The normalized spacial score (nSPS) is 10.8. The number of aliphatic hydroxyl groups excluding tert-OH is 1. The number of nitrogen functional groups attached to an aromatic ring is 1. The molecule has 0 saturated heterocycles. The van der Waals surface area contributed by atoms with E-state index in [0.29, 0.717) is 17.9 Å². The maximum absolute atomic E-state index is 12.0. The summed E-state index contributed by atoms with van der Waals surface area (Å²) in [4.78, 5) is 15.1. The third kappa shape index (κ3) is 3.74. The van der Waals surface area contributed by atoms with E-state index in [4.69, 9.17) is 10.8 Å². The van der Waals surface area contributed by atoms with Crippen molar-refractivity contribution in [2.75, 3.05) is 18.9 Å². The summed E-state index contributed by atoms with van der Waals surface area (Å²) in [5, 5.41) is 12.5. The molecule has 5 N–H and O–H groups in total. The maximum Gasteiger partial charge on any atom is 0.267 e. The van der Waals surface area contributed by atoms with Gasteiger partial charge in [-0.1, -0.05) is 12.8 Å². The molecule has 2 rings (SSSR count). The van der Waals surface area contributed by atoms with Crippen LogP contribution in [0.15, 0.2) is 24.3 Å². The van der Waals surface area contributed by atoms with Crippen LogP contribution in [0.4, 0.5) is 5.69 Å². The second-order valence-corrected chi connectivity index (χ2v) is 4.92. The zero-order valence-corrected chi connectivity index (χ0v) is 11.5. The van der Waals surface area contributed by atoms with Crippen LogP contribution >= 0.6 is 0 Å². The van der Waals surface area contributed by atoms with Crippen LogP contribution in [0.25, 0.3) is 10.9 Å². The van der Waals surface area contributed by atoms with Crippen LogP contribution < -0.4 is 11.1 Å². The van der Waals surface area contributed by atoms with Crippen LogP contribution in [-0.4, -0.2) is 29.1 Å². The lowest BCUT2D eigenvalue weighted by atomic mass is 10.2. The molecule has 5 nitrogen and oxygen atoms in total. The van der Waals surface area contributed by atoms with Crippen LogP contribution in [-0.2, 0) is 0 Å². The Morgan fingerprint density at radius 2 is 2.00 bits per heavy atom. The van der Waals surface area contributed by atoms with Crippen molar-refractivity contribution < 1.29 is 9.90 Å². The molecular weight excluding hydrogens is 254 g/mol. The Morgan fingerprint density at radius 1 is 1.20 bits per heavy atom. The number of carbonyl (C=O) groups is 1. The number of anilines is 1. The lowest BCUT2D eigenvalue weighted by molar-refractivity contribution is 0.0948. The van der Waals surface area contributed by atoms with Gasteiger partial charge in [-0.05, 0) is 37.1 Å². The van der Waals surface area contributed by atoms with Gasteiger partial charge in [0.2, 0.25) is 0 Å². The molecule has 1 amide bonds. The van der Waals surface area contributed by atoms with E-state index in [1.165, 1.54) is 0 Å². The smallest absolute Gasteiger partial charge is 0.267 e. The quantitative estimate of drug-likeness (QED) is 0.460. The topological polar surface area (TPSA) is 91.1 Å². The van der Waals surface area contributed by atoms with Gasteiger partial charge in [-0.25, -0.2) is 0 Å². The summed E-state index contributed by atoms with van der Waals surface area (Å²) in [5.74, 6) is -0.0954. The number of unbranched alkanes of at least 4 members (excludes halogenated alkanes) is 3. The molecule has 0 radical (unpaired) electrons. The predicted octanol–water partition coefficient (Wildman–Crippen LogP) is 2.03. The van der Waals surface area contributed by atoms with Crippen LogP contribution in [0.3, 0.4) is 0 Å². The first-order valence-corrected chi connectivity index (χ1v) is 6.98. The summed E-state index contributed by atoms with van der Waals surface area (Å²) in [5.41, 5.74) is 7.87. The second-order valence-electron chi connectivity index (χ2n) is 4.92. The van der Waals surface area contributed by atoms with Crippen LogP contribution in [0.2, 0.25) is 0 Å². The number of benzene rings is 1. The lowest BCUT2D eigenvalue weighted by Gasteiger charge is -2.03. The molecule has 108 valence electrons. The zero-order valence-electron chi connectivity index (χ0n) is 11.5.